The van der Waals surface area contributed by atoms with E-state index >= 15 is 0 Å². The first-order chi connectivity index (χ1) is 41.3. The second kappa shape index (κ2) is 27.1. The first-order valence-corrected chi connectivity index (χ1v) is 32.6. The molecular weight excluding hydrogens is 1240 g/mol. The van der Waals surface area contributed by atoms with Gasteiger partial charge in [0, 0.05) is 36.9 Å². The van der Waals surface area contributed by atoms with E-state index in [1.165, 1.54) is 62.1 Å². The minimum absolute atomic E-state index is 0.00751. The summed E-state index contributed by atoms with van der Waals surface area (Å²) >= 11 is 2.32. The summed E-state index contributed by atoms with van der Waals surface area (Å²) in [4.78, 5) is 69.0. The standard InChI is InChI=1S/C20H17FO3S.C14H12O3S.2C13H11N3O4S2/c1-12-17(9-13-3-6-15(7-4-13)25(2)24)16-8-5-14(21)10-19(16)18(12)11-20(22)23;1-9(14(16)17)11-7-8-12(18-11)13(15)10-5-3-2-4-6-10;2*1-16-10(13(18)15-9-4-2-3-6-14-9)11(17)12-8(5-7-21-12)22(16,19)20/h3-10H,11H2,1-2H3,(H,22,23);2-9H,1H3,(H,16,17);2*2-7,17H,1H3,(H,14,15,18)/b17-9-;;;. The van der Waals surface area contributed by atoms with Gasteiger partial charge < -0.3 is 35.6 Å². The molecule has 7 heterocycles. The van der Waals surface area contributed by atoms with Crippen LogP contribution in [0.3, 0.4) is 0 Å². The molecule has 0 spiro atoms. The Balaban J connectivity index is 0.000000151. The summed E-state index contributed by atoms with van der Waals surface area (Å²) < 4.78 is 76.2. The van der Waals surface area contributed by atoms with Gasteiger partial charge in [0.05, 0.1) is 27.0 Å². The van der Waals surface area contributed by atoms with Crippen LogP contribution < -0.4 is 10.6 Å². The third-order valence-electron chi connectivity index (χ3n) is 13.3. The number of carboxylic acids is 2. The lowest BCUT2D eigenvalue weighted by Crippen LogP contribution is -2.36. The maximum Gasteiger partial charge on any atom is 0.311 e. The fourth-order valence-electron chi connectivity index (χ4n) is 8.74. The van der Waals surface area contributed by atoms with E-state index in [1.807, 2.05) is 43.3 Å². The summed E-state index contributed by atoms with van der Waals surface area (Å²) in [6.45, 7) is 3.47. The van der Waals surface area contributed by atoms with Gasteiger partial charge in [-0.15, -0.1) is 34.0 Å². The Morgan fingerprint density at radius 1 is 0.701 bits per heavy atom. The normalized spacial score (nSPS) is 15.4. The Bertz CT molecular complexity index is 4170. The molecule has 0 bridgehead atoms. The molecule has 5 aromatic heterocycles. The van der Waals surface area contributed by atoms with Gasteiger partial charge in [0.2, 0.25) is 5.78 Å². The number of amides is 2. The number of likely N-dealkylation sites (N-methyl/N-ethyl adjacent to an activating group) is 2. The summed E-state index contributed by atoms with van der Waals surface area (Å²) in [5.74, 6) is -4.56. The molecule has 448 valence electrons. The maximum atomic E-state index is 13.7. The smallest absolute Gasteiger partial charge is 0.311 e. The predicted octanol–water partition coefficient (Wildman–Crippen LogP) is 10.8. The van der Waals surface area contributed by atoms with Crippen LogP contribution >= 0.6 is 34.0 Å². The molecule has 1 aliphatic carbocycles. The van der Waals surface area contributed by atoms with E-state index in [9.17, 15) is 60.0 Å². The summed E-state index contributed by atoms with van der Waals surface area (Å²) in [7, 11) is -5.26. The highest BCUT2D eigenvalue weighted by Gasteiger charge is 2.40. The number of pyridine rings is 2. The average molecular weight is 1290 g/mol. The van der Waals surface area contributed by atoms with E-state index in [1.54, 1.807) is 103 Å². The third-order valence-corrected chi connectivity index (χ3v) is 21.2. The highest BCUT2D eigenvalue weighted by Crippen LogP contribution is 2.44. The van der Waals surface area contributed by atoms with Crippen molar-refractivity contribution in [1.29, 1.82) is 0 Å². The molecule has 0 fully saturated rings. The fourth-order valence-corrected chi connectivity index (χ4v) is 15.4. The molecule has 2 aliphatic heterocycles. The van der Waals surface area contributed by atoms with Crippen molar-refractivity contribution >= 4 is 135 Å². The van der Waals surface area contributed by atoms with E-state index in [4.69, 9.17) is 10.2 Å². The maximum absolute atomic E-state index is 13.7. The summed E-state index contributed by atoms with van der Waals surface area (Å²) in [5, 5.41) is 46.6. The lowest BCUT2D eigenvalue weighted by Gasteiger charge is -2.26. The molecule has 27 heteroatoms. The number of aliphatic hydroxyl groups is 2. The number of hydrogen-bond donors (Lipinski definition) is 6. The number of hydrogen-bond acceptors (Lipinski definition) is 17. The monoisotopic (exact) mass is 1290 g/mol. The van der Waals surface area contributed by atoms with Gasteiger partial charge in [-0.2, -0.15) is 0 Å². The predicted molar refractivity (Wildman–Crippen MR) is 332 cm³/mol. The number of carbonyl (C=O) groups is 5. The number of rotatable bonds is 12. The molecule has 8 aromatic rings. The Kier molecular flexibility index (Phi) is 19.9. The number of nitrogens with one attached hydrogen (secondary N) is 2. The zero-order valence-electron chi connectivity index (χ0n) is 46.4. The summed E-state index contributed by atoms with van der Waals surface area (Å²) in [5.41, 5.74) is 4.70. The number of halogens is 1. The van der Waals surface area contributed by atoms with Gasteiger partial charge >= 0.3 is 11.9 Å². The molecule has 20 nitrogen and oxygen atoms in total. The molecule has 6 N–H and O–H groups in total. The van der Waals surface area contributed by atoms with E-state index < -0.39 is 60.9 Å². The number of carboxylic acid groups (broad SMARTS) is 2. The molecule has 0 radical (unpaired) electrons. The topological polar surface area (TPSA) is 314 Å². The number of aliphatic carboxylic acids is 2. The van der Waals surface area contributed by atoms with Gasteiger partial charge in [0.25, 0.3) is 31.9 Å². The molecule has 87 heavy (non-hydrogen) atoms. The molecule has 0 saturated heterocycles. The van der Waals surface area contributed by atoms with E-state index in [0.29, 0.717) is 26.5 Å². The van der Waals surface area contributed by atoms with Crippen LogP contribution in [-0.2, 0) is 50.4 Å². The first kappa shape index (κ1) is 63.9. The SMILES string of the molecule is CC(C(=O)O)c1ccc(C(=O)c2ccccc2)s1.CC1=C(CC(=O)O)c2cc(F)ccc2/C1=C\c1ccc([S+](C)[O-])cc1.CN1C(C(=O)Nc2ccccn2)=C(O)c2sccc2S1(=O)=O.CN1C(C(=O)Nc2ccccn2)=C(O)c2sccc2S1(=O)=O. The lowest BCUT2D eigenvalue weighted by molar-refractivity contribution is -0.138. The largest absolute Gasteiger partial charge is 0.612 e. The van der Waals surface area contributed by atoms with Gasteiger partial charge in [-0.25, -0.2) is 31.2 Å². The Morgan fingerprint density at radius 3 is 1.69 bits per heavy atom. The van der Waals surface area contributed by atoms with Crippen LogP contribution in [-0.4, -0.2) is 110 Å². The number of aliphatic hydroxyl groups excluding tert-OH is 2. The highest BCUT2D eigenvalue weighted by molar-refractivity contribution is 7.90. The number of carbonyl (C=O) groups excluding carboxylic acids is 3. The molecule has 3 aliphatic rings. The molecule has 2 unspecified atom stereocenters. The minimum atomic E-state index is -3.85. The van der Waals surface area contributed by atoms with E-state index in [0.717, 1.165) is 58.5 Å². The van der Waals surface area contributed by atoms with E-state index in [2.05, 4.69) is 20.6 Å². The highest BCUT2D eigenvalue weighted by atomic mass is 32.2. The minimum Gasteiger partial charge on any atom is -0.612 e. The van der Waals surface area contributed by atoms with Crippen molar-refractivity contribution < 1.29 is 70.2 Å². The zero-order valence-corrected chi connectivity index (χ0v) is 51.3. The Morgan fingerprint density at radius 2 is 1.22 bits per heavy atom. The lowest BCUT2D eigenvalue weighted by atomic mass is 10.0. The van der Waals surface area contributed by atoms with Gasteiger partial charge in [0.1, 0.15) is 33.5 Å². The second-order valence-corrected chi connectivity index (χ2v) is 27.0. The first-order valence-electron chi connectivity index (χ1n) is 25.6. The molecule has 0 saturated carbocycles. The van der Waals surface area contributed by atoms with Crippen LogP contribution in [0.4, 0.5) is 16.0 Å². The van der Waals surface area contributed by atoms with Crippen molar-refractivity contribution in [2.45, 2.75) is 40.9 Å². The zero-order chi connectivity index (χ0) is 63.1. The summed E-state index contributed by atoms with van der Waals surface area (Å²) in [6.07, 6.45) is 6.40. The quantitative estimate of drug-likeness (QED) is 0.0489. The van der Waals surface area contributed by atoms with Gasteiger partial charge in [0.15, 0.2) is 27.8 Å². The van der Waals surface area contributed by atoms with Crippen LogP contribution in [0.1, 0.15) is 72.7 Å². The molecule has 3 aromatic carbocycles. The number of sulfonamides is 2. The van der Waals surface area contributed by atoms with Crippen molar-refractivity contribution in [3.05, 3.63) is 221 Å². The molecular formula is C60H51FN6O14S6. The summed E-state index contributed by atoms with van der Waals surface area (Å²) in [6, 6.07) is 36.8. The van der Waals surface area contributed by atoms with Crippen molar-refractivity contribution in [2.24, 2.45) is 0 Å². The van der Waals surface area contributed by atoms with Gasteiger partial charge in [-0.05, 0) is 160 Å². The number of benzene rings is 3. The van der Waals surface area contributed by atoms with Gasteiger partial charge in [-0.3, -0.25) is 32.6 Å². The number of ketones is 1. The average Bonchev–Trinajstić information content (AvgIpc) is 2.01. The number of thiophene rings is 3. The molecule has 11 rings (SSSR count). The Labute approximate surface area is 513 Å². The second-order valence-electron chi connectivity index (χ2n) is 18.8. The van der Waals surface area contributed by atoms with Crippen molar-refractivity contribution in [3.8, 4) is 0 Å². The van der Waals surface area contributed by atoms with Crippen LogP contribution in [0.15, 0.2) is 188 Å². The third kappa shape index (κ3) is 14.1. The van der Waals surface area contributed by atoms with Crippen LogP contribution in [0, 0.1) is 5.82 Å². The van der Waals surface area contributed by atoms with Gasteiger partial charge in [-0.1, -0.05) is 48.5 Å². The van der Waals surface area contributed by atoms with Crippen LogP contribution in [0.5, 0.6) is 0 Å². The number of allylic oxidation sites excluding steroid dienone is 2. The molecule has 2 amide bonds. The number of nitrogens with zero attached hydrogens (tertiary/aromatic N) is 4. The van der Waals surface area contributed by atoms with Crippen molar-refractivity contribution in [2.75, 3.05) is 31.0 Å². The van der Waals surface area contributed by atoms with Crippen molar-refractivity contribution in [1.82, 2.24) is 18.6 Å². The van der Waals surface area contributed by atoms with E-state index in [-0.39, 0.29) is 72.1 Å². The van der Waals surface area contributed by atoms with Crippen molar-refractivity contribution in [3.63, 3.8) is 0 Å². The Hall–Kier alpha value is -9.09. The number of anilines is 2. The molecule has 2 atom stereocenters. The number of aromatic nitrogens is 2. The fraction of sp³-hybridized carbons (Fsp3) is 0.117. The van der Waals surface area contributed by atoms with Crippen LogP contribution in [0.2, 0.25) is 0 Å². The number of fused-ring (bicyclic) bond motifs is 3. The van der Waals surface area contributed by atoms with Crippen LogP contribution in [0.25, 0.3) is 28.7 Å².